The molecule has 0 aliphatic heterocycles. The first-order valence-electron chi connectivity index (χ1n) is 8.22. The topological polar surface area (TPSA) is 57.4 Å². The van der Waals surface area contributed by atoms with Crippen molar-refractivity contribution in [3.63, 3.8) is 0 Å². The second kappa shape index (κ2) is 5.57. The molecule has 3 heterocycles. The number of imidazole rings is 1. The van der Waals surface area contributed by atoms with Crippen molar-refractivity contribution in [2.45, 2.75) is 11.8 Å². The van der Waals surface area contributed by atoms with E-state index in [2.05, 4.69) is 80.2 Å². The SMILES string of the molecule is C1=CC(c2ccccc2)(c2cccs2)Cc2[nH]nc(-c3ncc[nH]3)c21. The molecule has 122 valence electrons. The number of H-pyrrole nitrogens is 2. The first-order chi connectivity index (χ1) is 12.4. The van der Waals surface area contributed by atoms with Crippen LogP contribution in [0.2, 0.25) is 0 Å². The molecule has 0 saturated heterocycles. The van der Waals surface area contributed by atoms with Crippen LogP contribution in [0.3, 0.4) is 0 Å². The Morgan fingerprint density at radius 3 is 2.76 bits per heavy atom. The molecule has 1 atom stereocenters. The summed E-state index contributed by atoms with van der Waals surface area (Å²) in [6.07, 6.45) is 8.94. The third-order valence-corrected chi connectivity index (χ3v) is 5.89. The number of rotatable bonds is 3. The van der Waals surface area contributed by atoms with Crippen LogP contribution in [-0.2, 0) is 11.8 Å². The summed E-state index contributed by atoms with van der Waals surface area (Å²) >= 11 is 1.80. The highest BCUT2D eigenvalue weighted by Gasteiger charge is 2.37. The molecule has 4 nitrogen and oxygen atoms in total. The fourth-order valence-corrected chi connectivity index (χ4v) is 4.55. The van der Waals surface area contributed by atoms with Gasteiger partial charge in [0.15, 0.2) is 5.82 Å². The van der Waals surface area contributed by atoms with Crippen LogP contribution in [-0.4, -0.2) is 20.2 Å². The van der Waals surface area contributed by atoms with Crippen LogP contribution in [0.25, 0.3) is 17.6 Å². The highest BCUT2D eigenvalue weighted by atomic mass is 32.1. The summed E-state index contributed by atoms with van der Waals surface area (Å²) in [4.78, 5) is 8.83. The van der Waals surface area contributed by atoms with E-state index in [0.29, 0.717) is 0 Å². The monoisotopic (exact) mass is 344 g/mol. The molecule has 0 bridgehead atoms. The Bertz CT molecular complexity index is 1010. The molecule has 0 fully saturated rings. The highest BCUT2D eigenvalue weighted by Crippen LogP contribution is 2.44. The van der Waals surface area contributed by atoms with Crippen molar-refractivity contribution in [1.82, 2.24) is 20.2 Å². The Labute approximate surface area is 149 Å². The maximum Gasteiger partial charge on any atom is 0.158 e. The number of hydrogen-bond acceptors (Lipinski definition) is 3. The van der Waals surface area contributed by atoms with Gasteiger partial charge in [0.2, 0.25) is 0 Å². The smallest absolute Gasteiger partial charge is 0.158 e. The van der Waals surface area contributed by atoms with Gasteiger partial charge in [-0.3, -0.25) is 5.10 Å². The van der Waals surface area contributed by atoms with Crippen LogP contribution in [0.1, 0.15) is 21.7 Å². The summed E-state index contributed by atoms with van der Waals surface area (Å²) < 4.78 is 0. The van der Waals surface area contributed by atoms with Gasteiger partial charge in [0.05, 0.1) is 5.41 Å². The minimum Gasteiger partial charge on any atom is -0.343 e. The first kappa shape index (κ1) is 14.4. The van der Waals surface area contributed by atoms with Gasteiger partial charge in [-0.2, -0.15) is 5.10 Å². The summed E-state index contributed by atoms with van der Waals surface area (Å²) in [6, 6.07) is 15.0. The maximum atomic E-state index is 4.51. The van der Waals surface area contributed by atoms with Gasteiger partial charge in [-0.25, -0.2) is 4.98 Å². The first-order valence-corrected chi connectivity index (χ1v) is 9.10. The molecule has 1 aliphatic rings. The Kier molecular flexibility index (Phi) is 3.21. The summed E-state index contributed by atoms with van der Waals surface area (Å²) in [6.45, 7) is 0. The molecule has 1 aliphatic carbocycles. The molecule has 25 heavy (non-hydrogen) atoms. The van der Waals surface area contributed by atoms with Gasteiger partial charge in [0, 0.05) is 34.9 Å². The molecular weight excluding hydrogens is 328 g/mol. The Morgan fingerprint density at radius 1 is 1.08 bits per heavy atom. The number of aromatic nitrogens is 4. The van der Waals surface area contributed by atoms with E-state index in [4.69, 9.17) is 0 Å². The second-order valence-electron chi connectivity index (χ2n) is 6.23. The third-order valence-electron chi connectivity index (χ3n) is 4.85. The molecule has 2 N–H and O–H groups in total. The quantitative estimate of drug-likeness (QED) is 0.578. The predicted octanol–water partition coefficient (Wildman–Crippen LogP) is 4.42. The van der Waals surface area contributed by atoms with Gasteiger partial charge in [0.25, 0.3) is 0 Å². The van der Waals surface area contributed by atoms with Crippen LogP contribution < -0.4 is 0 Å². The van der Waals surface area contributed by atoms with E-state index in [1.54, 1.807) is 17.5 Å². The van der Waals surface area contributed by atoms with Crippen molar-refractivity contribution >= 4 is 17.4 Å². The Hall–Kier alpha value is -2.92. The lowest BCUT2D eigenvalue weighted by Crippen LogP contribution is -2.29. The van der Waals surface area contributed by atoms with Gasteiger partial charge >= 0.3 is 0 Å². The molecule has 0 radical (unpaired) electrons. The summed E-state index contributed by atoms with van der Waals surface area (Å²) in [5.41, 5.74) is 4.29. The minimum atomic E-state index is -0.157. The summed E-state index contributed by atoms with van der Waals surface area (Å²) in [7, 11) is 0. The maximum absolute atomic E-state index is 4.51. The molecule has 0 amide bonds. The summed E-state index contributed by atoms with van der Waals surface area (Å²) in [5, 5.41) is 9.90. The van der Waals surface area contributed by atoms with Gasteiger partial charge in [-0.15, -0.1) is 11.3 Å². The number of benzene rings is 1. The number of nitrogens with zero attached hydrogens (tertiary/aromatic N) is 2. The van der Waals surface area contributed by atoms with Crippen LogP contribution >= 0.6 is 11.3 Å². The zero-order valence-corrected chi connectivity index (χ0v) is 14.3. The van der Waals surface area contributed by atoms with Crippen molar-refractivity contribution in [2.24, 2.45) is 0 Å². The largest absolute Gasteiger partial charge is 0.343 e. The van der Waals surface area contributed by atoms with Crippen LogP contribution in [0.4, 0.5) is 0 Å². The number of thiophene rings is 1. The number of hydrogen-bond donors (Lipinski definition) is 2. The van der Waals surface area contributed by atoms with Crippen molar-refractivity contribution in [3.05, 3.63) is 88.0 Å². The van der Waals surface area contributed by atoms with Crippen molar-refractivity contribution in [1.29, 1.82) is 0 Å². The van der Waals surface area contributed by atoms with Crippen molar-refractivity contribution in [2.75, 3.05) is 0 Å². The Balaban J connectivity index is 1.66. The number of allylic oxidation sites excluding steroid dienone is 1. The van der Waals surface area contributed by atoms with E-state index >= 15 is 0 Å². The van der Waals surface area contributed by atoms with Crippen LogP contribution in [0, 0.1) is 0 Å². The molecule has 5 rings (SSSR count). The minimum absolute atomic E-state index is 0.157. The molecule has 1 aromatic carbocycles. The second-order valence-corrected chi connectivity index (χ2v) is 7.17. The summed E-state index contributed by atoms with van der Waals surface area (Å²) in [5.74, 6) is 0.797. The molecule has 1 unspecified atom stereocenters. The average molecular weight is 344 g/mol. The van der Waals surface area contributed by atoms with Gasteiger partial charge in [0.1, 0.15) is 5.69 Å². The number of aromatic amines is 2. The van der Waals surface area contributed by atoms with Gasteiger partial charge < -0.3 is 4.98 Å². The van der Waals surface area contributed by atoms with E-state index in [1.165, 1.54) is 10.4 Å². The third kappa shape index (κ3) is 2.20. The standard InChI is InChI=1S/C20H16N4S/c1-2-5-14(6-3-1)20(17-7-4-12-25-17)9-8-15-16(13-20)23-24-18(15)19-21-10-11-22-19/h1-12H,13H2,(H,21,22)(H,23,24). The molecule has 0 saturated carbocycles. The number of fused-ring (bicyclic) bond motifs is 1. The normalized spacial score (nSPS) is 19.0. The molecule has 4 aromatic rings. The zero-order chi connectivity index (χ0) is 16.7. The average Bonchev–Trinajstić information content (AvgIpc) is 3.42. The van der Waals surface area contributed by atoms with E-state index in [0.717, 1.165) is 29.2 Å². The predicted molar refractivity (Wildman–Crippen MR) is 100 cm³/mol. The fourth-order valence-electron chi connectivity index (χ4n) is 3.62. The van der Waals surface area contributed by atoms with Crippen LogP contribution in [0.15, 0.2) is 66.3 Å². The molecule has 3 aromatic heterocycles. The number of nitrogens with one attached hydrogen (secondary N) is 2. The van der Waals surface area contributed by atoms with E-state index in [-0.39, 0.29) is 5.41 Å². The van der Waals surface area contributed by atoms with E-state index in [9.17, 15) is 0 Å². The molecular formula is C20H16N4S. The van der Waals surface area contributed by atoms with Gasteiger partial charge in [-0.1, -0.05) is 48.6 Å². The lowest BCUT2D eigenvalue weighted by atomic mass is 9.72. The molecule has 5 heteroatoms. The lowest BCUT2D eigenvalue weighted by Gasteiger charge is -2.33. The van der Waals surface area contributed by atoms with E-state index in [1.807, 2.05) is 6.20 Å². The van der Waals surface area contributed by atoms with Crippen molar-refractivity contribution < 1.29 is 0 Å². The van der Waals surface area contributed by atoms with E-state index < -0.39 is 0 Å². The fraction of sp³-hybridized carbons (Fsp3) is 0.100. The zero-order valence-electron chi connectivity index (χ0n) is 13.4. The van der Waals surface area contributed by atoms with Crippen molar-refractivity contribution in [3.8, 4) is 11.5 Å². The molecule has 0 spiro atoms. The highest BCUT2D eigenvalue weighted by molar-refractivity contribution is 7.10. The Morgan fingerprint density at radius 2 is 2.00 bits per heavy atom. The lowest BCUT2D eigenvalue weighted by molar-refractivity contribution is 0.633. The van der Waals surface area contributed by atoms with Gasteiger partial charge in [-0.05, 0) is 17.0 Å². The van der Waals surface area contributed by atoms with Crippen LogP contribution in [0.5, 0.6) is 0 Å².